The lowest BCUT2D eigenvalue weighted by Gasteiger charge is -2.28. The quantitative estimate of drug-likeness (QED) is 0.241. The lowest BCUT2D eigenvalue weighted by Crippen LogP contribution is -2.35. The molecule has 1 atom stereocenters. The van der Waals surface area contributed by atoms with Crippen LogP contribution in [0.5, 0.6) is 11.5 Å². The molecule has 0 saturated heterocycles. The van der Waals surface area contributed by atoms with Gasteiger partial charge in [-0.05, 0) is 54.1 Å². The Morgan fingerprint density at radius 3 is 2.58 bits per heavy atom. The van der Waals surface area contributed by atoms with Crippen molar-refractivity contribution >= 4 is 56.2 Å². The van der Waals surface area contributed by atoms with Crippen LogP contribution in [0.2, 0.25) is 0 Å². The molecule has 2 aromatic heterocycles. The number of aromatic nitrogens is 1. The predicted molar refractivity (Wildman–Crippen MR) is 149 cm³/mol. The molecule has 3 amide bonds. The summed E-state index contributed by atoms with van der Waals surface area (Å²) in [5.74, 6) is 1.15. The lowest BCUT2D eigenvalue weighted by atomic mass is 10.1. The molecule has 7 rings (SSSR count). The molecule has 2 aliphatic heterocycles. The largest absolute Gasteiger partial charge is 0.457 e. The van der Waals surface area contributed by atoms with Crippen LogP contribution in [0.4, 0.5) is 27.5 Å². The summed E-state index contributed by atoms with van der Waals surface area (Å²) < 4.78 is 5.89. The lowest BCUT2D eigenvalue weighted by molar-refractivity contribution is 0.0945. The number of anilines is 4. The van der Waals surface area contributed by atoms with Crippen LogP contribution in [-0.2, 0) is 0 Å². The van der Waals surface area contributed by atoms with Crippen LogP contribution >= 0.6 is 11.3 Å². The van der Waals surface area contributed by atoms with Gasteiger partial charge in [0, 0.05) is 18.4 Å². The maximum Gasteiger partial charge on any atom is 0.331 e. The number of urea groups is 1. The molecule has 8 nitrogen and oxygen atoms in total. The molecule has 38 heavy (non-hydrogen) atoms. The van der Waals surface area contributed by atoms with Gasteiger partial charge in [-0.3, -0.25) is 9.69 Å². The first-order valence-electron chi connectivity index (χ1n) is 12.1. The van der Waals surface area contributed by atoms with Gasteiger partial charge in [-0.15, -0.1) is 11.3 Å². The minimum atomic E-state index is -0.345. The van der Waals surface area contributed by atoms with E-state index < -0.39 is 0 Å². The van der Waals surface area contributed by atoms with E-state index in [2.05, 4.69) is 20.9 Å². The molecule has 0 fully saturated rings. The Labute approximate surface area is 221 Å². The van der Waals surface area contributed by atoms with Crippen molar-refractivity contribution in [2.45, 2.75) is 6.04 Å². The first kappa shape index (κ1) is 22.3. The molecule has 3 aromatic carbocycles. The van der Waals surface area contributed by atoms with Gasteiger partial charge in [0.2, 0.25) is 0 Å². The molecular formula is C29H21N5O3S. The third-order valence-electron chi connectivity index (χ3n) is 6.66. The number of benzene rings is 3. The second-order valence-electron chi connectivity index (χ2n) is 8.99. The van der Waals surface area contributed by atoms with Crippen LogP contribution in [0.25, 0.3) is 10.2 Å². The van der Waals surface area contributed by atoms with E-state index in [-0.39, 0.29) is 18.0 Å². The van der Waals surface area contributed by atoms with Gasteiger partial charge in [0.15, 0.2) is 0 Å². The maximum atomic E-state index is 13.4. The summed E-state index contributed by atoms with van der Waals surface area (Å²) in [5.41, 5.74) is 3.91. The van der Waals surface area contributed by atoms with Gasteiger partial charge in [0.1, 0.15) is 21.2 Å². The highest BCUT2D eigenvalue weighted by molar-refractivity contribution is 7.21. The van der Waals surface area contributed by atoms with E-state index in [4.69, 9.17) is 4.74 Å². The highest BCUT2D eigenvalue weighted by atomic mass is 32.1. The van der Waals surface area contributed by atoms with Crippen LogP contribution in [-0.4, -0.2) is 23.5 Å². The Morgan fingerprint density at radius 1 is 0.974 bits per heavy atom. The summed E-state index contributed by atoms with van der Waals surface area (Å²) in [7, 11) is 0. The van der Waals surface area contributed by atoms with Gasteiger partial charge in [-0.2, -0.15) is 0 Å². The number of para-hydroxylation sites is 2. The smallest absolute Gasteiger partial charge is 0.331 e. The normalized spacial score (nSPS) is 15.5. The maximum absolute atomic E-state index is 13.4. The van der Waals surface area contributed by atoms with Crippen molar-refractivity contribution in [2.24, 2.45) is 0 Å². The summed E-state index contributed by atoms with van der Waals surface area (Å²) in [6, 6.07) is 26.0. The Hall–Kier alpha value is -4.89. The SMILES string of the molecule is O=C(N[C@@H]1CNc2ccccc21)c1sc2nccc3c2c1NC(=O)N3c1ccc(Oc2ccccc2)cc1. The van der Waals surface area contributed by atoms with Gasteiger partial charge >= 0.3 is 6.03 Å². The number of amides is 3. The number of ether oxygens (including phenoxy) is 1. The Morgan fingerprint density at radius 2 is 1.74 bits per heavy atom. The van der Waals surface area contributed by atoms with E-state index in [1.54, 1.807) is 17.2 Å². The molecule has 0 bridgehead atoms. The van der Waals surface area contributed by atoms with Crippen molar-refractivity contribution in [3.8, 4) is 11.5 Å². The van der Waals surface area contributed by atoms with Crippen LogP contribution in [0.3, 0.4) is 0 Å². The van der Waals surface area contributed by atoms with E-state index in [1.165, 1.54) is 11.3 Å². The Bertz CT molecular complexity index is 1700. The number of carbonyl (C=O) groups is 2. The fourth-order valence-electron chi connectivity index (χ4n) is 4.92. The number of pyridine rings is 1. The zero-order valence-electron chi connectivity index (χ0n) is 20.0. The van der Waals surface area contributed by atoms with Crippen LogP contribution in [0.15, 0.2) is 91.1 Å². The summed E-state index contributed by atoms with van der Waals surface area (Å²) in [6.07, 6.45) is 1.66. The standard InChI is InChI=1S/C29H21N5O3S/c35-27(32-22-16-31-21-9-5-4-8-20(21)22)26-25-24-23(14-15-30-28(24)38-26)34(29(36)33-25)17-10-12-19(13-11-17)37-18-6-2-1-3-7-18/h1-15,22,31H,16H2,(H,32,35)(H,33,36)/t22-/m1/s1. The van der Waals surface area contributed by atoms with Crippen molar-refractivity contribution in [1.82, 2.24) is 10.3 Å². The zero-order valence-corrected chi connectivity index (χ0v) is 20.8. The van der Waals surface area contributed by atoms with E-state index >= 15 is 0 Å². The van der Waals surface area contributed by atoms with Crippen molar-refractivity contribution < 1.29 is 14.3 Å². The molecule has 0 aliphatic carbocycles. The predicted octanol–water partition coefficient (Wildman–Crippen LogP) is 6.67. The fraction of sp³-hybridized carbons (Fsp3) is 0.0690. The molecule has 186 valence electrons. The molecular weight excluding hydrogens is 498 g/mol. The van der Waals surface area contributed by atoms with Gasteiger partial charge in [0.25, 0.3) is 5.91 Å². The zero-order chi connectivity index (χ0) is 25.6. The van der Waals surface area contributed by atoms with Crippen LogP contribution in [0.1, 0.15) is 21.3 Å². The van der Waals surface area contributed by atoms with Crippen molar-refractivity contribution in [1.29, 1.82) is 0 Å². The molecule has 0 unspecified atom stereocenters. The van der Waals surface area contributed by atoms with Gasteiger partial charge < -0.3 is 20.7 Å². The second-order valence-corrected chi connectivity index (χ2v) is 9.98. The van der Waals surface area contributed by atoms with Crippen molar-refractivity contribution in [2.75, 3.05) is 22.1 Å². The third kappa shape index (κ3) is 3.72. The highest BCUT2D eigenvalue weighted by Crippen LogP contribution is 2.46. The first-order chi connectivity index (χ1) is 18.7. The minimum Gasteiger partial charge on any atom is -0.457 e. The summed E-state index contributed by atoms with van der Waals surface area (Å²) >= 11 is 1.27. The molecule has 5 aromatic rings. The summed E-state index contributed by atoms with van der Waals surface area (Å²) in [4.78, 5) is 34.0. The Balaban J connectivity index is 1.20. The third-order valence-corrected chi connectivity index (χ3v) is 7.76. The number of fused-ring (bicyclic) bond motifs is 1. The molecule has 2 aliphatic rings. The van der Waals surface area contributed by atoms with Crippen molar-refractivity contribution in [3.05, 3.63) is 102 Å². The second kappa shape index (κ2) is 8.89. The Kier molecular flexibility index (Phi) is 5.22. The summed E-state index contributed by atoms with van der Waals surface area (Å²) in [6.45, 7) is 0.610. The van der Waals surface area contributed by atoms with E-state index in [1.807, 2.05) is 78.9 Å². The van der Waals surface area contributed by atoms with Gasteiger partial charge in [-0.25, -0.2) is 9.78 Å². The molecule has 9 heteroatoms. The highest BCUT2D eigenvalue weighted by Gasteiger charge is 2.34. The first-order valence-corrected chi connectivity index (χ1v) is 13.0. The number of hydrogen-bond donors (Lipinski definition) is 3. The number of thiophene rings is 1. The average molecular weight is 520 g/mol. The number of hydrogen-bond acceptors (Lipinski definition) is 6. The number of carbonyl (C=O) groups excluding carboxylic acids is 2. The average Bonchev–Trinajstić information content (AvgIpc) is 3.52. The topological polar surface area (TPSA) is 95.6 Å². The van der Waals surface area contributed by atoms with Crippen LogP contribution < -0.4 is 25.6 Å². The van der Waals surface area contributed by atoms with Gasteiger partial charge in [0.05, 0.1) is 28.5 Å². The fourth-order valence-corrected chi connectivity index (χ4v) is 5.95. The summed E-state index contributed by atoms with van der Waals surface area (Å²) in [5, 5.41) is 10.1. The molecule has 0 saturated carbocycles. The monoisotopic (exact) mass is 519 g/mol. The number of nitrogens with zero attached hydrogens (tertiary/aromatic N) is 2. The van der Waals surface area contributed by atoms with E-state index in [0.717, 1.165) is 22.4 Å². The van der Waals surface area contributed by atoms with E-state index in [0.29, 0.717) is 39.1 Å². The van der Waals surface area contributed by atoms with Crippen molar-refractivity contribution in [3.63, 3.8) is 0 Å². The number of rotatable bonds is 5. The number of nitrogens with one attached hydrogen (secondary N) is 3. The molecule has 0 spiro atoms. The van der Waals surface area contributed by atoms with Gasteiger partial charge in [-0.1, -0.05) is 36.4 Å². The molecule has 3 N–H and O–H groups in total. The van der Waals surface area contributed by atoms with Crippen LogP contribution in [0, 0.1) is 0 Å². The minimum absolute atomic E-state index is 0.157. The molecule has 4 heterocycles. The molecule has 0 radical (unpaired) electrons. The van der Waals surface area contributed by atoms with E-state index in [9.17, 15) is 9.59 Å².